The average molecular weight is 212 g/mol. The van der Waals surface area contributed by atoms with Gasteiger partial charge in [-0.25, -0.2) is 12.7 Å². The molecular weight excluding hydrogens is 198 g/mol. The Bertz CT molecular complexity index is 236. The van der Waals surface area contributed by atoms with Crippen molar-refractivity contribution in [1.82, 2.24) is 4.31 Å². The second kappa shape index (κ2) is 3.94. The summed E-state index contributed by atoms with van der Waals surface area (Å²) in [6.07, 6.45) is 2.32. The monoisotopic (exact) mass is 211 g/mol. The highest BCUT2D eigenvalue weighted by Crippen LogP contribution is 2.30. The van der Waals surface area contributed by atoms with Crippen LogP contribution in [0.4, 0.5) is 0 Å². The van der Waals surface area contributed by atoms with Crippen LogP contribution in [0.1, 0.15) is 19.8 Å². The van der Waals surface area contributed by atoms with E-state index in [1.807, 2.05) is 6.92 Å². The van der Waals surface area contributed by atoms with Crippen LogP contribution in [0, 0.1) is 5.92 Å². The Balaban J connectivity index is 2.53. The molecule has 0 amide bonds. The first-order chi connectivity index (χ1) is 5.60. The van der Waals surface area contributed by atoms with Crippen molar-refractivity contribution in [3.8, 4) is 0 Å². The van der Waals surface area contributed by atoms with E-state index in [1.54, 1.807) is 0 Å². The van der Waals surface area contributed by atoms with E-state index < -0.39 is 10.0 Å². The first-order valence-electron chi connectivity index (χ1n) is 4.14. The zero-order valence-corrected chi connectivity index (χ0v) is 8.74. The fourth-order valence-corrected chi connectivity index (χ4v) is 2.48. The summed E-state index contributed by atoms with van der Waals surface area (Å²) in [5, 5.41) is -0.298. The van der Waals surface area contributed by atoms with Crippen molar-refractivity contribution in [3.05, 3.63) is 0 Å². The summed E-state index contributed by atoms with van der Waals surface area (Å²) in [6, 6.07) is 0. The van der Waals surface area contributed by atoms with Gasteiger partial charge in [-0.3, -0.25) is 0 Å². The molecule has 0 aromatic carbocycles. The summed E-state index contributed by atoms with van der Waals surface area (Å²) in [5.41, 5.74) is 0. The summed E-state index contributed by atoms with van der Waals surface area (Å²) >= 11 is 5.34. The minimum absolute atomic E-state index is 0.298. The third-order valence-corrected chi connectivity index (χ3v) is 4.34. The SMILES string of the molecule is CCN(CC1CC1)S(=O)(=O)CCl. The Morgan fingerprint density at radius 2 is 2.08 bits per heavy atom. The van der Waals surface area contributed by atoms with Gasteiger partial charge >= 0.3 is 0 Å². The van der Waals surface area contributed by atoms with Gasteiger partial charge in [0.25, 0.3) is 0 Å². The van der Waals surface area contributed by atoms with E-state index in [0.717, 1.165) is 12.8 Å². The lowest BCUT2D eigenvalue weighted by atomic mass is 10.4. The van der Waals surface area contributed by atoms with Crippen molar-refractivity contribution in [3.63, 3.8) is 0 Å². The minimum atomic E-state index is -3.17. The van der Waals surface area contributed by atoms with Crippen LogP contribution in [0.3, 0.4) is 0 Å². The van der Waals surface area contributed by atoms with Gasteiger partial charge in [-0.05, 0) is 18.8 Å². The van der Waals surface area contributed by atoms with Crippen LogP contribution in [0.15, 0.2) is 0 Å². The Morgan fingerprint density at radius 1 is 1.50 bits per heavy atom. The molecule has 0 saturated heterocycles. The topological polar surface area (TPSA) is 37.4 Å². The van der Waals surface area contributed by atoms with Crippen molar-refractivity contribution < 1.29 is 8.42 Å². The van der Waals surface area contributed by atoms with Gasteiger partial charge in [-0.2, -0.15) is 0 Å². The largest absolute Gasteiger partial charge is 0.228 e. The van der Waals surface area contributed by atoms with Gasteiger partial charge in [0.05, 0.1) is 0 Å². The Morgan fingerprint density at radius 3 is 2.42 bits per heavy atom. The van der Waals surface area contributed by atoms with Crippen LogP contribution in [-0.4, -0.2) is 31.0 Å². The summed E-state index contributed by atoms with van der Waals surface area (Å²) in [7, 11) is -3.17. The molecule has 0 aromatic rings. The highest BCUT2D eigenvalue weighted by molar-refractivity contribution is 7.90. The van der Waals surface area contributed by atoms with Gasteiger partial charge < -0.3 is 0 Å². The first-order valence-corrected chi connectivity index (χ1v) is 6.28. The summed E-state index contributed by atoms with van der Waals surface area (Å²) in [6.45, 7) is 3.03. The number of hydrogen-bond acceptors (Lipinski definition) is 2. The fraction of sp³-hybridized carbons (Fsp3) is 1.00. The second-order valence-electron chi connectivity index (χ2n) is 3.12. The van der Waals surface area contributed by atoms with E-state index in [2.05, 4.69) is 0 Å². The number of alkyl halides is 1. The Labute approximate surface area is 78.7 Å². The van der Waals surface area contributed by atoms with E-state index in [0.29, 0.717) is 19.0 Å². The van der Waals surface area contributed by atoms with Gasteiger partial charge in [-0.15, -0.1) is 11.6 Å². The zero-order valence-electron chi connectivity index (χ0n) is 7.16. The number of nitrogens with zero attached hydrogens (tertiary/aromatic N) is 1. The molecule has 0 aliphatic heterocycles. The van der Waals surface area contributed by atoms with E-state index in [-0.39, 0.29) is 5.21 Å². The molecule has 0 heterocycles. The molecule has 3 nitrogen and oxygen atoms in total. The minimum Gasteiger partial charge on any atom is -0.211 e. The normalized spacial score (nSPS) is 18.6. The average Bonchev–Trinajstić information content (AvgIpc) is 2.83. The molecule has 0 atom stereocenters. The maximum absolute atomic E-state index is 11.3. The predicted molar refractivity (Wildman–Crippen MR) is 49.6 cm³/mol. The number of hydrogen-bond donors (Lipinski definition) is 0. The second-order valence-corrected chi connectivity index (χ2v) is 5.67. The zero-order chi connectivity index (χ0) is 9.19. The molecule has 1 aliphatic rings. The summed E-state index contributed by atoms with van der Waals surface area (Å²) in [4.78, 5) is 0. The molecule has 0 radical (unpaired) electrons. The first kappa shape index (κ1) is 10.3. The lowest BCUT2D eigenvalue weighted by Crippen LogP contribution is -2.33. The molecule has 12 heavy (non-hydrogen) atoms. The fourth-order valence-electron chi connectivity index (χ4n) is 1.10. The van der Waals surface area contributed by atoms with E-state index in [9.17, 15) is 8.42 Å². The highest BCUT2D eigenvalue weighted by atomic mass is 35.5. The van der Waals surface area contributed by atoms with Gasteiger partial charge in [0.15, 0.2) is 0 Å². The van der Waals surface area contributed by atoms with Crippen LogP contribution in [0.5, 0.6) is 0 Å². The maximum Gasteiger partial charge on any atom is 0.228 e. The molecule has 1 saturated carbocycles. The third kappa shape index (κ3) is 2.61. The third-order valence-electron chi connectivity index (χ3n) is 2.04. The molecule has 1 rings (SSSR count). The van der Waals surface area contributed by atoms with Crippen LogP contribution in [0.25, 0.3) is 0 Å². The molecule has 1 aliphatic carbocycles. The van der Waals surface area contributed by atoms with E-state index in [4.69, 9.17) is 11.6 Å². The van der Waals surface area contributed by atoms with Crippen LogP contribution < -0.4 is 0 Å². The van der Waals surface area contributed by atoms with Crippen molar-refractivity contribution in [2.45, 2.75) is 19.8 Å². The predicted octanol–water partition coefficient (Wildman–Crippen LogP) is 1.24. The number of rotatable bonds is 5. The van der Waals surface area contributed by atoms with Gasteiger partial charge in [-0.1, -0.05) is 6.92 Å². The van der Waals surface area contributed by atoms with Gasteiger partial charge in [0, 0.05) is 13.1 Å². The Hall–Kier alpha value is 0.200. The molecule has 5 heteroatoms. The molecule has 0 N–H and O–H groups in total. The Kier molecular flexibility index (Phi) is 3.37. The lowest BCUT2D eigenvalue weighted by molar-refractivity contribution is 0.415. The van der Waals surface area contributed by atoms with Crippen molar-refractivity contribution in [1.29, 1.82) is 0 Å². The van der Waals surface area contributed by atoms with Gasteiger partial charge in [0.2, 0.25) is 10.0 Å². The maximum atomic E-state index is 11.3. The van der Waals surface area contributed by atoms with Crippen LogP contribution >= 0.6 is 11.6 Å². The molecular formula is C7H14ClNO2S. The molecule has 72 valence electrons. The standard InChI is InChI=1S/C7H14ClNO2S/c1-2-9(5-7-3-4-7)12(10,11)6-8/h7H,2-6H2,1H3. The molecule has 0 aromatic heterocycles. The van der Waals surface area contributed by atoms with Gasteiger partial charge in [0.1, 0.15) is 5.21 Å². The van der Waals surface area contributed by atoms with Crippen LogP contribution in [0.2, 0.25) is 0 Å². The van der Waals surface area contributed by atoms with Crippen molar-refractivity contribution >= 4 is 21.6 Å². The van der Waals surface area contributed by atoms with E-state index >= 15 is 0 Å². The van der Waals surface area contributed by atoms with Crippen molar-refractivity contribution in [2.75, 3.05) is 18.3 Å². The smallest absolute Gasteiger partial charge is 0.211 e. The highest BCUT2D eigenvalue weighted by Gasteiger charge is 2.28. The number of sulfonamides is 1. The van der Waals surface area contributed by atoms with Crippen LogP contribution in [-0.2, 0) is 10.0 Å². The quantitative estimate of drug-likeness (QED) is 0.642. The lowest BCUT2D eigenvalue weighted by Gasteiger charge is -2.18. The van der Waals surface area contributed by atoms with Crippen molar-refractivity contribution in [2.24, 2.45) is 5.92 Å². The summed E-state index contributed by atoms with van der Waals surface area (Å²) in [5.74, 6) is 0.586. The molecule has 0 unspecified atom stereocenters. The molecule has 0 spiro atoms. The molecule has 0 bridgehead atoms. The summed E-state index contributed by atoms with van der Waals surface area (Å²) < 4.78 is 24.0. The van der Waals surface area contributed by atoms with E-state index in [1.165, 1.54) is 4.31 Å². The molecule has 1 fully saturated rings. The number of halogens is 1.